The summed E-state index contributed by atoms with van der Waals surface area (Å²) < 4.78 is 34.5. The summed E-state index contributed by atoms with van der Waals surface area (Å²) in [5, 5.41) is 3.49. The lowest BCUT2D eigenvalue weighted by Gasteiger charge is -2.12. The zero-order valence-corrected chi connectivity index (χ0v) is 18.9. The van der Waals surface area contributed by atoms with E-state index in [9.17, 15) is 13.0 Å². The molecular weight excluding hydrogens is 392 g/mol. The van der Waals surface area contributed by atoms with E-state index in [4.69, 9.17) is 0 Å². The average molecular weight is 427 g/mol. The predicted octanol–water partition coefficient (Wildman–Crippen LogP) is 7.70. The fourth-order valence-electron chi connectivity index (χ4n) is 4.34. The lowest BCUT2D eigenvalue weighted by molar-refractivity contribution is 0.482. The first-order valence-corrected chi connectivity index (χ1v) is 12.9. The summed E-state index contributed by atoms with van der Waals surface area (Å²) in [6.07, 6.45) is 13.1. The molecule has 0 bridgehead atoms. The Morgan fingerprint density at radius 3 is 1.87 bits per heavy atom. The van der Waals surface area contributed by atoms with Crippen LogP contribution in [0.5, 0.6) is 0 Å². The molecule has 0 radical (unpaired) electrons. The molecule has 0 aliphatic carbocycles. The number of rotatable bonds is 12. The molecule has 0 aliphatic rings. The first-order valence-electron chi connectivity index (χ1n) is 11.4. The fraction of sp³-hybridized carbons (Fsp3) is 0.462. The van der Waals surface area contributed by atoms with Gasteiger partial charge < -0.3 is 0 Å². The number of unbranched alkanes of at least 4 members (excludes halogenated alkanes) is 9. The molecule has 4 heteroatoms. The average Bonchev–Trinajstić information content (AvgIpc) is 2.72. The maximum Gasteiger partial charge on any atom is 0.295 e. The Bertz CT molecular complexity index is 1070. The summed E-state index contributed by atoms with van der Waals surface area (Å²) in [5.74, 6) is 0. The minimum absolute atomic E-state index is 0.0849. The van der Waals surface area contributed by atoms with Gasteiger partial charge in [-0.15, -0.1) is 0 Å². The highest BCUT2D eigenvalue weighted by molar-refractivity contribution is 7.86. The first-order chi connectivity index (χ1) is 14.5. The third-order valence-corrected chi connectivity index (χ3v) is 6.97. The second-order valence-electron chi connectivity index (χ2n) is 8.38. The van der Waals surface area contributed by atoms with Crippen molar-refractivity contribution < 1.29 is 13.0 Å². The standard InChI is InChI=1S/C26H34O3S/c1-2-3-4-5-6-7-8-9-10-11-14-21-17-18-24-19-22-15-12-13-16-23(22)20-25(24)26(21)30(27,28)29/h12-13,15-20H,2-11,14H2,1H3,(H,27,28,29). The van der Waals surface area contributed by atoms with Gasteiger partial charge in [0.25, 0.3) is 10.1 Å². The van der Waals surface area contributed by atoms with Crippen molar-refractivity contribution in [1.82, 2.24) is 0 Å². The number of hydrogen-bond acceptors (Lipinski definition) is 2. The SMILES string of the molecule is CCCCCCCCCCCCc1ccc2cc3ccccc3cc2c1S(=O)(=O)O. The second-order valence-corrected chi connectivity index (χ2v) is 9.74. The van der Waals surface area contributed by atoms with Crippen LogP contribution in [0, 0.1) is 0 Å². The summed E-state index contributed by atoms with van der Waals surface area (Å²) in [6, 6.07) is 15.6. The predicted molar refractivity (Wildman–Crippen MR) is 127 cm³/mol. The minimum atomic E-state index is -4.29. The van der Waals surface area contributed by atoms with Crippen molar-refractivity contribution in [1.29, 1.82) is 0 Å². The molecule has 0 saturated heterocycles. The maximum atomic E-state index is 12.2. The summed E-state index contributed by atoms with van der Waals surface area (Å²) in [6.45, 7) is 2.24. The Hall–Kier alpha value is -1.91. The van der Waals surface area contributed by atoms with Crippen molar-refractivity contribution in [3.8, 4) is 0 Å². The summed E-state index contributed by atoms with van der Waals surface area (Å²) in [4.78, 5) is 0.0849. The van der Waals surface area contributed by atoms with Gasteiger partial charge in [-0.3, -0.25) is 4.55 Å². The van der Waals surface area contributed by atoms with Gasteiger partial charge in [0.1, 0.15) is 4.90 Å². The van der Waals surface area contributed by atoms with E-state index < -0.39 is 10.1 Å². The maximum absolute atomic E-state index is 12.2. The lowest BCUT2D eigenvalue weighted by atomic mass is 9.98. The van der Waals surface area contributed by atoms with Crippen LogP contribution >= 0.6 is 0 Å². The van der Waals surface area contributed by atoms with Crippen molar-refractivity contribution in [3.05, 3.63) is 54.1 Å². The molecule has 0 spiro atoms. The normalized spacial score (nSPS) is 12.1. The van der Waals surface area contributed by atoms with Gasteiger partial charge in [0.05, 0.1) is 0 Å². The first kappa shape index (κ1) is 22.8. The van der Waals surface area contributed by atoms with Crippen LogP contribution in [0.3, 0.4) is 0 Å². The van der Waals surface area contributed by atoms with Crippen molar-refractivity contribution in [3.63, 3.8) is 0 Å². The highest BCUT2D eigenvalue weighted by Crippen LogP contribution is 2.31. The van der Waals surface area contributed by atoms with Gasteiger partial charge in [-0.2, -0.15) is 8.42 Å². The van der Waals surface area contributed by atoms with Gasteiger partial charge in [0.2, 0.25) is 0 Å². The van der Waals surface area contributed by atoms with E-state index in [0.717, 1.165) is 34.6 Å². The Labute approximate surface area is 181 Å². The molecule has 0 unspecified atom stereocenters. The number of aryl methyl sites for hydroxylation is 1. The Balaban J connectivity index is 1.65. The highest BCUT2D eigenvalue weighted by Gasteiger charge is 2.19. The molecule has 3 rings (SSSR count). The number of benzene rings is 3. The van der Waals surface area contributed by atoms with Gasteiger partial charge in [-0.25, -0.2) is 0 Å². The fourth-order valence-corrected chi connectivity index (χ4v) is 5.29. The van der Waals surface area contributed by atoms with Gasteiger partial charge in [0.15, 0.2) is 0 Å². The van der Waals surface area contributed by atoms with Crippen LogP contribution in [0.15, 0.2) is 53.4 Å². The van der Waals surface area contributed by atoms with E-state index in [0.29, 0.717) is 11.8 Å². The van der Waals surface area contributed by atoms with Crippen LogP contribution in [0.25, 0.3) is 21.5 Å². The van der Waals surface area contributed by atoms with E-state index in [1.165, 1.54) is 51.4 Å². The molecule has 0 heterocycles. The van der Waals surface area contributed by atoms with Gasteiger partial charge in [-0.1, -0.05) is 101 Å². The topological polar surface area (TPSA) is 54.4 Å². The third kappa shape index (κ3) is 6.05. The third-order valence-electron chi connectivity index (χ3n) is 5.98. The largest absolute Gasteiger partial charge is 0.295 e. The molecule has 162 valence electrons. The molecule has 0 fully saturated rings. The summed E-state index contributed by atoms with van der Waals surface area (Å²) >= 11 is 0. The molecule has 3 nitrogen and oxygen atoms in total. The van der Waals surface area contributed by atoms with E-state index in [1.807, 2.05) is 48.5 Å². The van der Waals surface area contributed by atoms with Crippen molar-refractivity contribution in [2.45, 2.75) is 82.4 Å². The van der Waals surface area contributed by atoms with Crippen LogP contribution in [0.4, 0.5) is 0 Å². The molecule has 1 N–H and O–H groups in total. The van der Waals surface area contributed by atoms with Gasteiger partial charge in [0, 0.05) is 5.39 Å². The Morgan fingerprint density at radius 1 is 0.700 bits per heavy atom. The van der Waals surface area contributed by atoms with Gasteiger partial charge >= 0.3 is 0 Å². The highest BCUT2D eigenvalue weighted by atomic mass is 32.2. The van der Waals surface area contributed by atoms with Crippen LogP contribution in [-0.2, 0) is 16.5 Å². The van der Waals surface area contributed by atoms with Crippen LogP contribution in [-0.4, -0.2) is 13.0 Å². The molecule has 0 aromatic heterocycles. The van der Waals surface area contributed by atoms with E-state index in [1.54, 1.807) is 0 Å². The number of fused-ring (bicyclic) bond motifs is 2. The molecule has 0 amide bonds. The molecule has 0 saturated carbocycles. The van der Waals surface area contributed by atoms with Crippen LogP contribution in [0.1, 0.15) is 76.7 Å². The van der Waals surface area contributed by atoms with Crippen molar-refractivity contribution >= 4 is 31.7 Å². The monoisotopic (exact) mass is 426 g/mol. The minimum Gasteiger partial charge on any atom is -0.282 e. The zero-order chi connectivity index (χ0) is 21.4. The molecule has 3 aromatic carbocycles. The zero-order valence-electron chi connectivity index (χ0n) is 18.1. The summed E-state index contributed by atoms with van der Waals surface area (Å²) in [7, 11) is -4.29. The molecule has 0 aliphatic heterocycles. The quantitative estimate of drug-likeness (QED) is 0.183. The van der Waals surface area contributed by atoms with E-state index in [2.05, 4.69) is 6.92 Å². The summed E-state index contributed by atoms with van der Waals surface area (Å²) in [5.41, 5.74) is 0.722. The second kappa shape index (κ2) is 10.9. The Morgan fingerprint density at radius 2 is 1.27 bits per heavy atom. The molecule has 3 aromatic rings. The van der Waals surface area contributed by atoms with Gasteiger partial charge in [-0.05, 0) is 46.7 Å². The van der Waals surface area contributed by atoms with Crippen LogP contribution < -0.4 is 0 Å². The molecular formula is C26H34O3S. The lowest BCUT2D eigenvalue weighted by Crippen LogP contribution is -2.05. The van der Waals surface area contributed by atoms with Crippen LogP contribution in [0.2, 0.25) is 0 Å². The van der Waals surface area contributed by atoms with Crippen molar-refractivity contribution in [2.24, 2.45) is 0 Å². The van der Waals surface area contributed by atoms with Crippen molar-refractivity contribution in [2.75, 3.05) is 0 Å². The Kier molecular flexibility index (Phi) is 8.29. The molecule has 0 atom stereocenters. The molecule has 30 heavy (non-hydrogen) atoms. The van der Waals surface area contributed by atoms with E-state index >= 15 is 0 Å². The number of hydrogen-bond donors (Lipinski definition) is 1. The van der Waals surface area contributed by atoms with E-state index in [-0.39, 0.29) is 4.90 Å². The smallest absolute Gasteiger partial charge is 0.282 e.